The van der Waals surface area contributed by atoms with Crippen LogP contribution in [0.5, 0.6) is 0 Å². The standard InChI is InChI=1S/C19H23N3O/c1-13-5-6-14(2)18(11-13)21-17-8-7-15(20)12-16(17)19(23)22-9-3-4-10-22/h5-8,11-12,21H,3-4,9-10,20H2,1-2H3. The summed E-state index contributed by atoms with van der Waals surface area (Å²) in [5, 5.41) is 3.41. The van der Waals surface area contributed by atoms with Crippen LogP contribution in [0.1, 0.15) is 34.3 Å². The maximum atomic E-state index is 12.8. The van der Waals surface area contributed by atoms with Gasteiger partial charge in [0.25, 0.3) is 5.91 Å². The summed E-state index contributed by atoms with van der Waals surface area (Å²) in [5.41, 5.74) is 11.3. The molecular formula is C19H23N3O. The molecule has 1 amide bonds. The van der Waals surface area contributed by atoms with Crippen LogP contribution in [-0.4, -0.2) is 23.9 Å². The zero-order chi connectivity index (χ0) is 16.4. The van der Waals surface area contributed by atoms with Crippen molar-refractivity contribution in [3.05, 3.63) is 53.1 Å². The van der Waals surface area contributed by atoms with Crippen LogP contribution in [0.2, 0.25) is 0 Å². The van der Waals surface area contributed by atoms with Crippen LogP contribution in [0, 0.1) is 13.8 Å². The minimum absolute atomic E-state index is 0.0580. The second-order valence-corrected chi connectivity index (χ2v) is 6.25. The number of anilines is 3. The van der Waals surface area contributed by atoms with Crippen molar-refractivity contribution in [3.63, 3.8) is 0 Å². The molecule has 0 unspecified atom stereocenters. The van der Waals surface area contributed by atoms with Gasteiger partial charge >= 0.3 is 0 Å². The van der Waals surface area contributed by atoms with Crippen molar-refractivity contribution in [2.24, 2.45) is 0 Å². The topological polar surface area (TPSA) is 58.4 Å². The van der Waals surface area contributed by atoms with Crippen molar-refractivity contribution < 1.29 is 4.79 Å². The van der Waals surface area contributed by atoms with Gasteiger partial charge in [0.2, 0.25) is 0 Å². The molecule has 3 rings (SSSR count). The Morgan fingerprint density at radius 1 is 1.04 bits per heavy atom. The fourth-order valence-corrected chi connectivity index (χ4v) is 2.95. The van der Waals surface area contributed by atoms with Crippen molar-refractivity contribution in [1.82, 2.24) is 4.90 Å². The van der Waals surface area contributed by atoms with Crippen molar-refractivity contribution in [3.8, 4) is 0 Å². The second-order valence-electron chi connectivity index (χ2n) is 6.25. The van der Waals surface area contributed by atoms with Gasteiger partial charge in [0.15, 0.2) is 0 Å². The molecule has 0 atom stereocenters. The van der Waals surface area contributed by atoms with E-state index < -0.39 is 0 Å². The number of carbonyl (C=O) groups excluding carboxylic acids is 1. The van der Waals surface area contributed by atoms with Gasteiger partial charge in [-0.2, -0.15) is 0 Å². The Kier molecular flexibility index (Phi) is 4.24. The van der Waals surface area contributed by atoms with Crippen molar-refractivity contribution in [2.45, 2.75) is 26.7 Å². The molecular weight excluding hydrogens is 286 g/mol. The zero-order valence-electron chi connectivity index (χ0n) is 13.7. The van der Waals surface area contributed by atoms with Crippen LogP contribution in [0.15, 0.2) is 36.4 Å². The summed E-state index contributed by atoms with van der Waals surface area (Å²) in [6.07, 6.45) is 2.15. The number of carbonyl (C=O) groups is 1. The summed E-state index contributed by atoms with van der Waals surface area (Å²) in [4.78, 5) is 14.7. The number of aryl methyl sites for hydroxylation is 2. The summed E-state index contributed by atoms with van der Waals surface area (Å²) in [7, 11) is 0. The highest BCUT2D eigenvalue weighted by Gasteiger charge is 2.22. The lowest BCUT2D eigenvalue weighted by atomic mass is 10.1. The number of likely N-dealkylation sites (tertiary alicyclic amines) is 1. The van der Waals surface area contributed by atoms with Crippen molar-refractivity contribution in [1.29, 1.82) is 0 Å². The molecule has 3 N–H and O–H groups in total. The van der Waals surface area contributed by atoms with Crippen LogP contribution in [0.4, 0.5) is 17.1 Å². The van der Waals surface area contributed by atoms with Gasteiger partial charge in [-0.15, -0.1) is 0 Å². The number of amides is 1. The van der Waals surface area contributed by atoms with Gasteiger partial charge in [-0.3, -0.25) is 4.79 Å². The highest BCUT2D eigenvalue weighted by molar-refractivity contribution is 6.01. The highest BCUT2D eigenvalue weighted by Crippen LogP contribution is 2.28. The second kappa shape index (κ2) is 6.32. The third-order valence-corrected chi connectivity index (χ3v) is 4.33. The van der Waals surface area contributed by atoms with E-state index in [2.05, 4.69) is 37.4 Å². The maximum Gasteiger partial charge on any atom is 0.256 e. The summed E-state index contributed by atoms with van der Waals surface area (Å²) in [6.45, 7) is 5.78. The number of nitrogens with one attached hydrogen (secondary N) is 1. The van der Waals surface area contributed by atoms with E-state index in [1.807, 2.05) is 17.0 Å². The lowest BCUT2D eigenvalue weighted by Crippen LogP contribution is -2.28. The molecule has 1 heterocycles. The molecule has 120 valence electrons. The molecule has 2 aromatic carbocycles. The first-order valence-corrected chi connectivity index (χ1v) is 8.07. The predicted octanol–water partition coefficient (Wildman–Crippen LogP) is 3.87. The number of hydrogen-bond acceptors (Lipinski definition) is 3. The van der Waals surface area contributed by atoms with Crippen molar-refractivity contribution in [2.75, 3.05) is 24.1 Å². The van der Waals surface area contributed by atoms with Gasteiger partial charge in [-0.05, 0) is 62.1 Å². The molecule has 23 heavy (non-hydrogen) atoms. The Balaban J connectivity index is 1.95. The van der Waals surface area contributed by atoms with E-state index in [0.29, 0.717) is 11.3 Å². The Morgan fingerprint density at radius 3 is 2.52 bits per heavy atom. The number of benzene rings is 2. The Hall–Kier alpha value is -2.49. The summed E-state index contributed by atoms with van der Waals surface area (Å²) >= 11 is 0. The monoisotopic (exact) mass is 309 g/mol. The fourth-order valence-electron chi connectivity index (χ4n) is 2.95. The van der Waals surface area contributed by atoms with E-state index in [0.717, 1.165) is 42.9 Å². The average molecular weight is 309 g/mol. The zero-order valence-corrected chi connectivity index (χ0v) is 13.7. The van der Waals surface area contributed by atoms with Gasteiger partial charge in [0.1, 0.15) is 0 Å². The Morgan fingerprint density at radius 2 is 1.78 bits per heavy atom. The SMILES string of the molecule is Cc1ccc(C)c(Nc2ccc(N)cc2C(=O)N2CCCC2)c1. The smallest absolute Gasteiger partial charge is 0.256 e. The largest absolute Gasteiger partial charge is 0.399 e. The average Bonchev–Trinajstić information content (AvgIpc) is 3.06. The molecule has 1 aliphatic heterocycles. The molecule has 4 nitrogen and oxygen atoms in total. The van der Waals surface area contributed by atoms with Gasteiger partial charge in [-0.25, -0.2) is 0 Å². The minimum Gasteiger partial charge on any atom is -0.399 e. The molecule has 0 spiro atoms. The first kappa shape index (κ1) is 15.4. The first-order chi connectivity index (χ1) is 11.0. The molecule has 0 aliphatic carbocycles. The van der Waals surface area contributed by atoms with Crippen LogP contribution < -0.4 is 11.1 Å². The number of nitrogens with zero attached hydrogens (tertiary/aromatic N) is 1. The van der Waals surface area contributed by atoms with Gasteiger partial charge in [0.05, 0.1) is 11.3 Å². The molecule has 0 radical (unpaired) electrons. The lowest BCUT2D eigenvalue weighted by Gasteiger charge is -2.19. The Bertz CT molecular complexity index is 733. The van der Waals surface area contributed by atoms with Gasteiger partial charge < -0.3 is 16.0 Å². The molecule has 1 fully saturated rings. The van der Waals surface area contributed by atoms with E-state index in [1.165, 1.54) is 5.56 Å². The number of hydrogen-bond donors (Lipinski definition) is 2. The normalized spacial score (nSPS) is 14.1. The van der Waals surface area contributed by atoms with Gasteiger partial charge in [-0.1, -0.05) is 12.1 Å². The fraction of sp³-hybridized carbons (Fsp3) is 0.316. The number of rotatable bonds is 3. The van der Waals surface area contributed by atoms with E-state index in [4.69, 9.17) is 5.73 Å². The summed E-state index contributed by atoms with van der Waals surface area (Å²) < 4.78 is 0. The third-order valence-electron chi connectivity index (χ3n) is 4.33. The maximum absolute atomic E-state index is 12.8. The van der Waals surface area contributed by atoms with E-state index in [-0.39, 0.29) is 5.91 Å². The molecule has 0 aromatic heterocycles. The molecule has 0 saturated carbocycles. The van der Waals surface area contributed by atoms with Crippen LogP contribution in [-0.2, 0) is 0 Å². The van der Waals surface area contributed by atoms with E-state index >= 15 is 0 Å². The molecule has 2 aromatic rings. The quantitative estimate of drug-likeness (QED) is 0.846. The Labute approximate surface area is 137 Å². The molecule has 0 bridgehead atoms. The van der Waals surface area contributed by atoms with Crippen LogP contribution in [0.25, 0.3) is 0 Å². The third kappa shape index (κ3) is 3.31. The summed E-state index contributed by atoms with van der Waals surface area (Å²) in [5.74, 6) is 0.0580. The first-order valence-electron chi connectivity index (χ1n) is 8.07. The lowest BCUT2D eigenvalue weighted by molar-refractivity contribution is 0.0794. The van der Waals surface area contributed by atoms with Crippen LogP contribution in [0.3, 0.4) is 0 Å². The van der Waals surface area contributed by atoms with E-state index in [9.17, 15) is 4.79 Å². The van der Waals surface area contributed by atoms with E-state index in [1.54, 1.807) is 6.07 Å². The molecule has 1 saturated heterocycles. The van der Waals surface area contributed by atoms with Crippen LogP contribution >= 0.6 is 0 Å². The number of nitrogen functional groups attached to an aromatic ring is 1. The number of nitrogens with two attached hydrogens (primary N) is 1. The highest BCUT2D eigenvalue weighted by atomic mass is 16.2. The molecule has 4 heteroatoms. The molecule has 1 aliphatic rings. The van der Waals surface area contributed by atoms with Crippen molar-refractivity contribution >= 4 is 23.0 Å². The predicted molar refractivity (Wildman–Crippen MR) is 95.2 cm³/mol. The van der Waals surface area contributed by atoms with Gasteiger partial charge in [0, 0.05) is 24.5 Å². The summed E-state index contributed by atoms with van der Waals surface area (Å²) in [6, 6.07) is 11.7. The minimum atomic E-state index is 0.0580.